The molecule has 0 spiro atoms. The molecule has 2 heterocycles. The molecular formula is C15H25N3O. The van der Waals surface area contributed by atoms with Crippen LogP contribution in [-0.4, -0.2) is 34.1 Å². The molecule has 1 saturated heterocycles. The summed E-state index contributed by atoms with van der Waals surface area (Å²) in [7, 11) is 0. The Bertz CT molecular complexity index is 413. The Labute approximate surface area is 115 Å². The van der Waals surface area contributed by atoms with Crippen LogP contribution in [0.3, 0.4) is 0 Å². The first-order chi connectivity index (χ1) is 9.24. The molecule has 1 aliphatic rings. The quantitative estimate of drug-likeness (QED) is 0.907. The van der Waals surface area contributed by atoms with Crippen molar-refractivity contribution in [3.05, 3.63) is 17.5 Å². The van der Waals surface area contributed by atoms with Gasteiger partial charge < -0.3 is 4.90 Å². The van der Waals surface area contributed by atoms with E-state index >= 15 is 0 Å². The highest BCUT2D eigenvalue weighted by Gasteiger charge is 2.22. The van der Waals surface area contributed by atoms with Crippen LogP contribution < -0.4 is 0 Å². The summed E-state index contributed by atoms with van der Waals surface area (Å²) in [6, 6.07) is 1.91. The van der Waals surface area contributed by atoms with Crippen LogP contribution in [0.25, 0.3) is 0 Å². The lowest BCUT2D eigenvalue weighted by molar-refractivity contribution is 0.0754. The van der Waals surface area contributed by atoms with Gasteiger partial charge in [-0.3, -0.25) is 9.89 Å². The topological polar surface area (TPSA) is 49.0 Å². The Hall–Kier alpha value is -1.32. The largest absolute Gasteiger partial charge is 0.337 e. The van der Waals surface area contributed by atoms with Gasteiger partial charge in [-0.05, 0) is 37.7 Å². The molecule has 1 unspecified atom stereocenters. The van der Waals surface area contributed by atoms with E-state index in [1.165, 1.54) is 12.8 Å². The summed E-state index contributed by atoms with van der Waals surface area (Å²) in [5.41, 5.74) is 1.64. The number of nitrogens with one attached hydrogen (secondary N) is 1. The van der Waals surface area contributed by atoms with E-state index in [-0.39, 0.29) is 5.91 Å². The van der Waals surface area contributed by atoms with E-state index in [0.29, 0.717) is 5.69 Å². The number of carbonyl (C=O) groups is 1. The first-order valence-electron chi connectivity index (χ1n) is 7.58. The number of carbonyl (C=O) groups excluding carboxylic acids is 1. The molecule has 1 aliphatic heterocycles. The van der Waals surface area contributed by atoms with Crippen molar-refractivity contribution in [1.29, 1.82) is 0 Å². The summed E-state index contributed by atoms with van der Waals surface area (Å²) in [6.07, 6.45) is 6.76. The smallest absolute Gasteiger partial charge is 0.274 e. The third-order valence-electron chi connectivity index (χ3n) is 4.08. The summed E-state index contributed by atoms with van der Waals surface area (Å²) < 4.78 is 0. The molecule has 1 aromatic rings. The monoisotopic (exact) mass is 263 g/mol. The van der Waals surface area contributed by atoms with Gasteiger partial charge in [0.2, 0.25) is 0 Å². The van der Waals surface area contributed by atoms with Gasteiger partial charge in [0.1, 0.15) is 5.69 Å². The number of aryl methyl sites for hydroxylation is 1. The number of nitrogens with zero attached hydrogens (tertiary/aromatic N) is 2. The normalized spacial score (nSPS) is 20.3. The van der Waals surface area contributed by atoms with Gasteiger partial charge in [0.25, 0.3) is 5.91 Å². The SMILES string of the molecule is CCCc1cc(C(=O)N2CCCC(CC)CC2)n[nH]1. The van der Waals surface area contributed by atoms with Crippen LogP contribution in [0.2, 0.25) is 0 Å². The maximum atomic E-state index is 12.4. The second-order valence-corrected chi connectivity index (χ2v) is 5.53. The second kappa shape index (κ2) is 6.73. The van der Waals surface area contributed by atoms with Crippen molar-refractivity contribution < 1.29 is 4.79 Å². The Morgan fingerprint density at radius 2 is 2.26 bits per heavy atom. The van der Waals surface area contributed by atoms with E-state index < -0.39 is 0 Å². The van der Waals surface area contributed by atoms with Crippen LogP contribution in [0.5, 0.6) is 0 Å². The Balaban J connectivity index is 1.98. The zero-order valence-corrected chi connectivity index (χ0v) is 12.1. The number of likely N-dealkylation sites (tertiary alicyclic amines) is 1. The number of hydrogen-bond donors (Lipinski definition) is 1. The van der Waals surface area contributed by atoms with Crippen molar-refractivity contribution in [1.82, 2.24) is 15.1 Å². The molecule has 0 radical (unpaired) electrons. The molecule has 106 valence electrons. The summed E-state index contributed by atoms with van der Waals surface area (Å²) in [5, 5.41) is 7.13. The van der Waals surface area contributed by atoms with E-state index in [1.54, 1.807) is 0 Å². The average molecular weight is 263 g/mol. The molecule has 0 bridgehead atoms. The van der Waals surface area contributed by atoms with Gasteiger partial charge in [-0.15, -0.1) is 0 Å². The van der Waals surface area contributed by atoms with Gasteiger partial charge in [0, 0.05) is 18.8 Å². The fourth-order valence-corrected chi connectivity index (χ4v) is 2.81. The van der Waals surface area contributed by atoms with E-state index in [9.17, 15) is 4.79 Å². The summed E-state index contributed by atoms with van der Waals surface area (Å²) >= 11 is 0. The Morgan fingerprint density at radius 1 is 1.42 bits per heavy atom. The molecule has 19 heavy (non-hydrogen) atoms. The molecule has 0 saturated carbocycles. The highest BCUT2D eigenvalue weighted by Crippen LogP contribution is 2.21. The molecular weight excluding hydrogens is 238 g/mol. The highest BCUT2D eigenvalue weighted by atomic mass is 16.2. The Morgan fingerprint density at radius 3 is 3.00 bits per heavy atom. The molecule has 1 N–H and O–H groups in total. The molecule has 2 rings (SSSR count). The third kappa shape index (κ3) is 3.58. The minimum atomic E-state index is 0.0929. The highest BCUT2D eigenvalue weighted by molar-refractivity contribution is 5.92. The average Bonchev–Trinajstić information content (AvgIpc) is 2.75. The molecule has 1 aromatic heterocycles. The van der Waals surface area contributed by atoms with Gasteiger partial charge in [0.05, 0.1) is 0 Å². The summed E-state index contributed by atoms with van der Waals surface area (Å²) in [4.78, 5) is 14.4. The molecule has 0 aromatic carbocycles. The van der Waals surface area contributed by atoms with Gasteiger partial charge in [-0.1, -0.05) is 26.7 Å². The molecule has 4 nitrogen and oxygen atoms in total. The van der Waals surface area contributed by atoms with Crippen LogP contribution in [0, 0.1) is 5.92 Å². The minimum absolute atomic E-state index is 0.0929. The number of rotatable bonds is 4. The van der Waals surface area contributed by atoms with Crippen LogP contribution >= 0.6 is 0 Å². The van der Waals surface area contributed by atoms with Crippen molar-refractivity contribution >= 4 is 5.91 Å². The minimum Gasteiger partial charge on any atom is -0.337 e. The van der Waals surface area contributed by atoms with Crippen LogP contribution in [0.1, 0.15) is 62.1 Å². The zero-order chi connectivity index (χ0) is 13.7. The third-order valence-corrected chi connectivity index (χ3v) is 4.08. The van der Waals surface area contributed by atoms with E-state index in [2.05, 4.69) is 24.0 Å². The molecule has 0 aliphatic carbocycles. The van der Waals surface area contributed by atoms with Crippen LogP contribution in [0.4, 0.5) is 0 Å². The van der Waals surface area contributed by atoms with E-state index in [4.69, 9.17) is 0 Å². The summed E-state index contributed by atoms with van der Waals surface area (Å²) in [6.45, 7) is 6.13. The maximum Gasteiger partial charge on any atom is 0.274 e. The molecule has 1 atom stereocenters. The first kappa shape index (κ1) is 14.1. The Kier molecular flexibility index (Phi) is 5.00. The van der Waals surface area contributed by atoms with Crippen molar-refractivity contribution in [3.63, 3.8) is 0 Å². The number of aromatic nitrogens is 2. The predicted molar refractivity (Wildman–Crippen MR) is 76.1 cm³/mol. The second-order valence-electron chi connectivity index (χ2n) is 5.53. The number of amides is 1. The van der Waals surface area contributed by atoms with Crippen molar-refractivity contribution in [2.24, 2.45) is 5.92 Å². The molecule has 1 amide bonds. The van der Waals surface area contributed by atoms with Gasteiger partial charge in [0.15, 0.2) is 0 Å². The fraction of sp³-hybridized carbons (Fsp3) is 0.733. The van der Waals surface area contributed by atoms with Crippen molar-refractivity contribution in [3.8, 4) is 0 Å². The fourth-order valence-electron chi connectivity index (χ4n) is 2.81. The predicted octanol–water partition coefficient (Wildman–Crippen LogP) is 3.01. The first-order valence-corrected chi connectivity index (χ1v) is 7.58. The van der Waals surface area contributed by atoms with Crippen molar-refractivity contribution in [2.45, 2.75) is 52.4 Å². The van der Waals surface area contributed by atoms with Gasteiger partial charge in [-0.25, -0.2) is 0 Å². The van der Waals surface area contributed by atoms with Crippen LogP contribution in [0.15, 0.2) is 6.07 Å². The number of H-pyrrole nitrogens is 1. The molecule has 1 fully saturated rings. The lowest BCUT2D eigenvalue weighted by Crippen LogP contribution is -2.32. The van der Waals surface area contributed by atoms with Crippen LogP contribution in [-0.2, 0) is 6.42 Å². The van der Waals surface area contributed by atoms with Crippen molar-refractivity contribution in [2.75, 3.05) is 13.1 Å². The van der Waals surface area contributed by atoms with E-state index in [0.717, 1.165) is 50.4 Å². The number of hydrogen-bond acceptors (Lipinski definition) is 2. The van der Waals surface area contributed by atoms with Gasteiger partial charge >= 0.3 is 0 Å². The molecule has 4 heteroatoms. The van der Waals surface area contributed by atoms with Gasteiger partial charge in [-0.2, -0.15) is 5.10 Å². The summed E-state index contributed by atoms with van der Waals surface area (Å²) in [5.74, 6) is 0.878. The van der Waals surface area contributed by atoms with E-state index in [1.807, 2.05) is 11.0 Å². The zero-order valence-electron chi connectivity index (χ0n) is 12.1. The maximum absolute atomic E-state index is 12.4. The lowest BCUT2D eigenvalue weighted by Gasteiger charge is -2.19. The number of aromatic amines is 1. The lowest BCUT2D eigenvalue weighted by atomic mass is 9.98. The standard InChI is InChI=1S/C15H25N3O/c1-3-6-13-11-14(17-16-13)15(19)18-9-5-7-12(4-2)8-10-18/h11-12H,3-10H2,1-2H3,(H,16,17).